The van der Waals surface area contributed by atoms with Crippen molar-refractivity contribution in [1.29, 1.82) is 0 Å². The van der Waals surface area contributed by atoms with Crippen LogP contribution in [0, 0.1) is 0 Å². The van der Waals surface area contributed by atoms with E-state index in [0.29, 0.717) is 0 Å². The first-order chi connectivity index (χ1) is 8.86. The smallest absolute Gasteiger partial charge is 0.0108 e. The molecule has 0 aliphatic carbocycles. The van der Waals surface area contributed by atoms with Gasteiger partial charge in [-0.15, -0.1) is 0 Å². The van der Waals surface area contributed by atoms with Crippen LogP contribution in [0.25, 0.3) is 0 Å². The summed E-state index contributed by atoms with van der Waals surface area (Å²) in [7, 11) is 0. The Morgan fingerprint density at radius 3 is 1.28 bits per heavy atom. The van der Waals surface area contributed by atoms with Gasteiger partial charge in [0.1, 0.15) is 0 Å². The molecular weight excluding hydrogens is 228 g/mol. The maximum atomic E-state index is 5.40. The molecule has 2 rings (SSSR count). The maximum Gasteiger partial charge on any atom is 0.0108 e. The van der Waals surface area contributed by atoms with Crippen LogP contribution in [-0.2, 0) is 0 Å². The Bertz CT molecular complexity index is 152. The number of nitrogens with two attached hydrogens (primary N) is 2. The lowest BCUT2D eigenvalue weighted by Crippen LogP contribution is -2.45. The zero-order valence-corrected chi connectivity index (χ0v) is 11.5. The molecule has 0 radical (unpaired) electrons. The van der Waals surface area contributed by atoms with Gasteiger partial charge in [0.2, 0.25) is 0 Å². The third-order valence-electron chi connectivity index (χ3n) is 3.31. The monoisotopic (exact) mass is 258 g/mol. The first kappa shape index (κ1) is 15.8. The fraction of sp³-hybridized carbons (Fsp3) is 1.00. The molecule has 6 N–H and O–H groups in total. The van der Waals surface area contributed by atoms with Crippen molar-refractivity contribution in [2.75, 3.05) is 78.5 Å². The third-order valence-corrected chi connectivity index (χ3v) is 3.31. The van der Waals surface area contributed by atoms with Crippen molar-refractivity contribution < 1.29 is 0 Å². The van der Waals surface area contributed by atoms with Crippen LogP contribution in [0.1, 0.15) is 0 Å². The summed E-state index contributed by atoms with van der Waals surface area (Å²) in [6, 6.07) is 0. The lowest BCUT2D eigenvalue weighted by Gasteiger charge is -2.26. The second-order valence-electron chi connectivity index (χ2n) is 4.76. The van der Waals surface area contributed by atoms with Gasteiger partial charge in [-0.25, -0.2) is 0 Å². The van der Waals surface area contributed by atoms with Crippen molar-refractivity contribution in [2.45, 2.75) is 0 Å². The lowest BCUT2D eigenvalue weighted by atomic mass is 10.3. The Hall–Kier alpha value is -0.240. The molecule has 0 aromatic heterocycles. The molecule has 6 heteroatoms. The zero-order valence-electron chi connectivity index (χ0n) is 11.5. The second-order valence-corrected chi connectivity index (χ2v) is 4.76. The highest BCUT2D eigenvalue weighted by atomic mass is 15.2. The van der Waals surface area contributed by atoms with Gasteiger partial charge in [-0.05, 0) is 0 Å². The molecule has 2 aliphatic heterocycles. The molecule has 2 fully saturated rings. The van der Waals surface area contributed by atoms with Gasteiger partial charge in [0.05, 0.1) is 0 Å². The molecule has 0 unspecified atom stereocenters. The normalized spacial score (nSPS) is 22.3. The molecule has 0 spiro atoms. The Labute approximate surface area is 111 Å². The minimum absolute atomic E-state index is 0.792. The van der Waals surface area contributed by atoms with E-state index >= 15 is 0 Å². The first-order valence-electron chi connectivity index (χ1n) is 7.13. The van der Waals surface area contributed by atoms with Gasteiger partial charge in [-0.1, -0.05) is 0 Å². The molecule has 0 bridgehead atoms. The van der Waals surface area contributed by atoms with Crippen LogP contribution in [0.15, 0.2) is 0 Å². The number of piperazine rings is 2. The summed E-state index contributed by atoms with van der Waals surface area (Å²) in [6.07, 6.45) is 0. The molecule has 0 aromatic carbocycles. The number of nitrogens with one attached hydrogen (secondary N) is 2. The highest BCUT2D eigenvalue weighted by Crippen LogP contribution is 1.89. The summed E-state index contributed by atoms with van der Waals surface area (Å²) in [4.78, 5) is 4.77. The van der Waals surface area contributed by atoms with Crippen molar-refractivity contribution in [2.24, 2.45) is 11.5 Å². The van der Waals surface area contributed by atoms with Crippen molar-refractivity contribution in [3.63, 3.8) is 0 Å². The minimum atomic E-state index is 0.792. The molecular formula is C12H30N6. The number of nitrogens with zero attached hydrogens (tertiary/aromatic N) is 2. The number of hydrogen-bond donors (Lipinski definition) is 4. The number of hydrogen-bond acceptors (Lipinski definition) is 6. The lowest BCUT2D eigenvalue weighted by molar-refractivity contribution is 0.247. The minimum Gasteiger partial charge on any atom is -0.329 e. The van der Waals surface area contributed by atoms with Crippen LogP contribution in [-0.4, -0.2) is 88.3 Å². The van der Waals surface area contributed by atoms with Crippen LogP contribution in [0.5, 0.6) is 0 Å². The Kier molecular flexibility index (Phi) is 9.37. The standard InChI is InChI=1S/2C6H15N3/c2*7-1-4-9-5-2-8-3-6-9/h2*8H,1-7H2. The van der Waals surface area contributed by atoms with Crippen LogP contribution in [0.2, 0.25) is 0 Å². The topological polar surface area (TPSA) is 82.6 Å². The first-order valence-corrected chi connectivity index (χ1v) is 7.13. The summed E-state index contributed by atoms with van der Waals surface area (Å²) in [5.41, 5.74) is 10.8. The Morgan fingerprint density at radius 1 is 0.667 bits per heavy atom. The largest absolute Gasteiger partial charge is 0.329 e. The van der Waals surface area contributed by atoms with E-state index < -0.39 is 0 Å². The predicted octanol–water partition coefficient (Wildman–Crippen LogP) is -2.30. The van der Waals surface area contributed by atoms with E-state index in [9.17, 15) is 0 Å². The SMILES string of the molecule is NCCN1CCNCC1.NCCN1CCNCC1. The fourth-order valence-electron chi connectivity index (χ4n) is 2.23. The average molecular weight is 258 g/mol. The van der Waals surface area contributed by atoms with E-state index in [1.54, 1.807) is 0 Å². The molecule has 0 amide bonds. The van der Waals surface area contributed by atoms with Gasteiger partial charge in [-0.3, -0.25) is 9.80 Å². The highest BCUT2D eigenvalue weighted by Gasteiger charge is 2.07. The zero-order chi connectivity index (χ0) is 13.1. The van der Waals surface area contributed by atoms with E-state index in [0.717, 1.165) is 78.5 Å². The second kappa shape index (κ2) is 10.7. The molecule has 2 aliphatic rings. The molecule has 108 valence electrons. The van der Waals surface area contributed by atoms with Gasteiger partial charge < -0.3 is 22.1 Å². The van der Waals surface area contributed by atoms with Crippen LogP contribution in [0.3, 0.4) is 0 Å². The molecule has 2 saturated heterocycles. The predicted molar refractivity (Wildman–Crippen MR) is 76.7 cm³/mol. The summed E-state index contributed by atoms with van der Waals surface area (Å²) >= 11 is 0. The summed E-state index contributed by atoms with van der Waals surface area (Å²) in [5.74, 6) is 0. The number of rotatable bonds is 4. The molecule has 2 heterocycles. The van der Waals surface area contributed by atoms with Crippen LogP contribution < -0.4 is 22.1 Å². The third kappa shape index (κ3) is 7.25. The molecule has 6 nitrogen and oxygen atoms in total. The van der Waals surface area contributed by atoms with Gasteiger partial charge in [0.25, 0.3) is 0 Å². The van der Waals surface area contributed by atoms with Crippen molar-refractivity contribution in [1.82, 2.24) is 20.4 Å². The average Bonchev–Trinajstić information content (AvgIpc) is 2.43. The fourth-order valence-corrected chi connectivity index (χ4v) is 2.23. The summed E-state index contributed by atoms with van der Waals surface area (Å²) < 4.78 is 0. The maximum absolute atomic E-state index is 5.40. The van der Waals surface area contributed by atoms with E-state index in [4.69, 9.17) is 11.5 Å². The van der Waals surface area contributed by atoms with Crippen molar-refractivity contribution in [3.05, 3.63) is 0 Å². The molecule has 0 saturated carbocycles. The van der Waals surface area contributed by atoms with E-state index in [2.05, 4.69) is 20.4 Å². The van der Waals surface area contributed by atoms with Gasteiger partial charge in [-0.2, -0.15) is 0 Å². The van der Waals surface area contributed by atoms with Crippen LogP contribution >= 0.6 is 0 Å². The van der Waals surface area contributed by atoms with E-state index in [1.807, 2.05) is 0 Å². The van der Waals surface area contributed by atoms with Gasteiger partial charge in [0.15, 0.2) is 0 Å². The van der Waals surface area contributed by atoms with Crippen LogP contribution in [0.4, 0.5) is 0 Å². The summed E-state index contributed by atoms with van der Waals surface area (Å²) in [5, 5.41) is 6.58. The quantitative estimate of drug-likeness (QED) is 0.454. The van der Waals surface area contributed by atoms with Gasteiger partial charge >= 0.3 is 0 Å². The van der Waals surface area contributed by atoms with E-state index in [1.165, 1.54) is 0 Å². The van der Waals surface area contributed by atoms with Gasteiger partial charge in [0, 0.05) is 78.5 Å². The molecule has 0 atom stereocenters. The Morgan fingerprint density at radius 2 is 1.00 bits per heavy atom. The van der Waals surface area contributed by atoms with Crippen molar-refractivity contribution >= 4 is 0 Å². The highest BCUT2D eigenvalue weighted by molar-refractivity contribution is 4.67. The van der Waals surface area contributed by atoms with E-state index in [-0.39, 0.29) is 0 Å². The Balaban J connectivity index is 0.000000180. The van der Waals surface area contributed by atoms with Crippen molar-refractivity contribution in [3.8, 4) is 0 Å². The summed E-state index contributed by atoms with van der Waals surface area (Å²) in [6.45, 7) is 12.9. The molecule has 0 aromatic rings. The molecule has 18 heavy (non-hydrogen) atoms.